The van der Waals surface area contributed by atoms with Crippen molar-refractivity contribution in [1.82, 2.24) is 14.5 Å². The molecule has 0 radical (unpaired) electrons. The highest BCUT2D eigenvalue weighted by molar-refractivity contribution is 5.40. The Kier molecular flexibility index (Phi) is 7.57. The van der Waals surface area contributed by atoms with Crippen molar-refractivity contribution in [3.63, 3.8) is 0 Å². The second-order valence-electron chi connectivity index (χ2n) is 8.89. The number of likely N-dealkylation sites (tertiary alicyclic amines) is 1. The molecule has 1 N–H and O–H groups in total. The van der Waals surface area contributed by atoms with Gasteiger partial charge in [0, 0.05) is 31.7 Å². The second-order valence-corrected chi connectivity index (χ2v) is 8.89. The summed E-state index contributed by atoms with van der Waals surface area (Å²) in [5, 5.41) is 10.9. The summed E-state index contributed by atoms with van der Waals surface area (Å²) in [6.07, 6.45) is 6.69. The molecule has 4 rings (SSSR count). The minimum atomic E-state index is -0.312. The van der Waals surface area contributed by atoms with Gasteiger partial charge in [0.05, 0.1) is 18.2 Å². The van der Waals surface area contributed by atoms with Crippen molar-refractivity contribution < 1.29 is 9.84 Å². The molecule has 0 saturated carbocycles. The minimum Gasteiger partial charge on any atom is -0.507 e. The maximum absolute atomic E-state index is 13.6. The summed E-state index contributed by atoms with van der Waals surface area (Å²) in [7, 11) is 1.63. The lowest BCUT2D eigenvalue weighted by Crippen LogP contribution is -2.41. The fourth-order valence-corrected chi connectivity index (χ4v) is 4.95. The van der Waals surface area contributed by atoms with E-state index < -0.39 is 0 Å². The van der Waals surface area contributed by atoms with Crippen molar-refractivity contribution in [3.05, 3.63) is 93.7 Å². The molecule has 1 aromatic carbocycles. The zero-order chi connectivity index (χ0) is 23.2. The molecule has 6 heteroatoms. The number of hydrogen-bond donors (Lipinski definition) is 1. The third kappa shape index (κ3) is 5.34. The lowest BCUT2D eigenvalue weighted by molar-refractivity contribution is 0.147. The van der Waals surface area contributed by atoms with Crippen LogP contribution in [0.3, 0.4) is 0 Å². The zero-order valence-corrected chi connectivity index (χ0v) is 19.5. The number of benzene rings is 1. The van der Waals surface area contributed by atoms with E-state index in [2.05, 4.69) is 40.2 Å². The first-order valence-corrected chi connectivity index (χ1v) is 11.7. The summed E-state index contributed by atoms with van der Waals surface area (Å²) >= 11 is 0. The molecule has 0 amide bonds. The Morgan fingerprint density at radius 2 is 1.82 bits per heavy atom. The second kappa shape index (κ2) is 10.8. The summed E-state index contributed by atoms with van der Waals surface area (Å²) in [6.45, 7) is 4.48. The molecule has 1 fully saturated rings. The molecule has 0 aliphatic carbocycles. The number of hydrogen-bond acceptors (Lipinski definition) is 5. The number of rotatable bonds is 8. The molecule has 0 spiro atoms. The largest absolute Gasteiger partial charge is 0.507 e. The summed E-state index contributed by atoms with van der Waals surface area (Å²) in [5.41, 5.74) is 3.36. The van der Waals surface area contributed by atoms with Crippen LogP contribution in [0, 0.1) is 12.8 Å². The molecule has 1 aliphatic rings. The van der Waals surface area contributed by atoms with Gasteiger partial charge in [-0.2, -0.15) is 0 Å². The van der Waals surface area contributed by atoms with Crippen LogP contribution in [0.25, 0.3) is 0 Å². The molecule has 1 aliphatic heterocycles. The molecule has 1 atom stereocenters. The average Bonchev–Trinajstić information content (AvgIpc) is 2.83. The van der Waals surface area contributed by atoms with Crippen LogP contribution in [0.15, 0.2) is 65.7 Å². The van der Waals surface area contributed by atoms with Crippen molar-refractivity contribution in [2.45, 2.75) is 38.8 Å². The maximum Gasteiger partial charge on any atom is 0.259 e. The van der Waals surface area contributed by atoms with Gasteiger partial charge in [-0.25, -0.2) is 0 Å². The normalized spacial score (nSPS) is 16.1. The average molecular weight is 448 g/mol. The van der Waals surface area contributed by atoms with Gasteiger partial charge in [-0.1, -0.05) is 30.3 Å². The maximum atomic E-state index is 13.6. The molecular weight excluding hydrogens is 414 g/mol. The predicted octanol–water partition coefficient (Wildman–Crippen LogP) is 3.95. The molecular formula is C27H33N3O3. The standard InChI is InChI=1S/C27H33N3O3/c1-20-18-24(31)25(27(32)30(20)16-17-33-2)26(23-8-12-28-13-9-23)29-14-10-22(11-15-29)19-21-6-4-3-5-7-21/h3-9,12-13,18,22,26,31H,10-11,14-17,19H2,1-2H3. The van der Waals surface area contributed by atoms with Crippen molar-refractivity contribution in [3.8, 4) is 5.75 Å². The Balaban J connectivity index is 1.63. The number of aromatic hydroxyl groups is 1. The number of nitrogens with zero attached hydrogens (tertiary/aromatic N) is 3. The van der Waals surface area contributed by atoms with Crippen LogP contribution in [0.2, 0.25) is 0 Å². The van der Waals surface area contributed by atoms with Crippen molar-refractivity contribution in [1.29, 1.82) is 0 Å². The fraction of sp³-hybridized carbons (Fsp3) is 0.407. The molecule has 1 saturated heterocycles. The van der Waals surface area contributed by atoms with Gasteiger partial charge in [0.1, 0.15) is 5.75 Å². The molecule has 2 aromatic heterocycles. The van der Waals surface area contributed by atoms with E-state index in [0.29, 0.717) is 24.6 Å². The highest BCUT2D eigenvalue weighted by Gasteiger charge is 2.32. The van der Waals surface area contributed by atoms with Crippen LogP contribution in [0.1, 0.15) is 41.3 Å². The van der Waals surface area contributed by atoms with Gasteiger partial charge in [0.15, 0.2) is 0 Å². The Morgan fingerprint density at radius 3 is 2.48 bits per heavy atom. The minimum absolute atomic E-state index is 0.0550. The molecule has 3 heterocycles. The van der Waals surface area contributed by atoms with Crippen LogP contribution in [-0.2, 0) is 17.7 Å². The van der Waals surface area contributed by atoms with E-state index in [1.165, 1.54) is 5.56 Å². The summed E-state index contributed by atoms with van der Waals surface area (Å²) in [6, 6.07) is 15.9. The molecule has 3 aromatic rings. The van der Waals surface area contributed by atoms with E-state index in [1.807, 2.05) is 19.1 Å². The van der Waals surface area contributed by atoms with E-state index in [9.17, 15) is 9.90 Å². The summed E-state index contributed by atoms with van der Waals surface area (Å²) < 4.78 is 6.91. The molecule has 174 valence electrons. The predicted molar refractivity (Wildman–Crippen MR) is 130 cm³/mol. The van der Waals surface area contributed by atoms with Crippen LogP contribution < -0.4 is 5.56 Å². The highest BCUT2D eigenvalue weighted by Crippen LogP contribution is 2.35. The van der Waals surface area contributed by atoms with E-state index in [4.69, 9.17) is 4.74 Å². The Labute approximate surface area is 195 Å². The van der Waals surface area contributed by atoms with Gasteiger partial charge in [-0.3, -0.25) is 14.7 Å². The number of ether oxygens (including phenoxy) is 1. The number of aromatic nitrogens is 2. The first-order chi connectivity index (χ1) is 16.1. The molecule has 6 nitrogen and oxygen atoms in total. The van der Waals surface area contributed by atoms with Crippen molar-refractivity contribution >= 4 is 0 Å². The van der Waals surface area contributed by atoms with Gasteiger partial charge in [0.25, 0.3) is 5.56 Å². The Morgan fingerprint density at radius 1 is 1.12 bits per heavy atom. The number of piperidine rings is 1. The van der Waals surface area contributed by atoms with Gasteiger partial charge < -0.3 is 14.4 Å². The van der Waals surface area contributed by atoms with Gasteiger partial charge in [-0.05, 0) is 74.5 Å². The summed E-state index contributed by atoms with van der Waals surface area (Å²) in [5.74, 6) is 0.672. The third-order valence-corrected chi connectivity index (χ3v) is 6.72. The Hall–Kier alpha value is -2.96. The fourth-order valence-electron chi connectivity index (χ4n) is 4.95. The van der Waals surface area contributed by atoms with Gasteiger partial charge >= 0.3 is 0 Å². The van der Waals surface area contributed by atoms with Crippen LogP contribution >= 0.6 is 0 Å². The monoisotopic (exact) mass is 447 g/mol. The first kappa shape index (κ1) is 23.2. The van der Waals surface area contributed by atoms with Crippen LogP contribution in [0.5, 0.6) is 5.75 Å². The molecule has 33 heavy (non-hydrogen) atoms. The molecule has 0 bridgehead atoms. The van der Waals surface area contributed by atoms with Crippen molar-refractivity contribution in [2.75, 3.05) is 26.8 Å². The van der Waals surface area contributed by atoms with Crippen LogP contribution in [-0.4, -0.2) is 46.4 Å². The summed E-state index contributed by atoms with van der Waals surface area (Å²) in [4.78, 5) is 20.1. The lowest BCUT2D eigenvalue weighted by Gasteiger charge is -2.38. The van der Waals surface area contributed by atoms with Crippen molar-refractivity contribution in [2.24, 2.45) is 5.92 Å². The smallest absolute Gasteiger partial charge is 0.259 e. The lowest BCUT2D eigenvalue weighted by atomic mass is 9.88. The van der Waals surface area contributed by atoms with E-state index in [0.717, 1.165) is 43.6 Å². The number of pyridine rings is 2. The number of methoxy groups -OCH3 is 1. The van der Waals surface area contributed by atoms with Crippen LogP contribution in [0.4, 0.5) is 0 Å². The van der Waals surface area contributed by atoms with E-state index >= 15 is 0 Å². The zero-order valence-electron chi connectivity index (χ0n) is 19.5. The quantitative estimate of drug-likeness (QED) is 0.566. The van der Waals surface area contributed by atoms with E-state index in [1.54, 1.807) is 30.1 Å². The van der Waals surface area contributed by atoms with Gasteiger partial charge in [0.2, 0.25) is 0 Å². The Bertz CT molecular complexity index is 1090. The van der Waals surface area contributed by atoms with E-state index in [-0.39, 0.29) is 17.4 Å². The topological polar surface area (TPSA) is 67.6 Å². The highest BCUT2D eigenvalue weighted by atomic mass is 16.5. The molecule has 1 unspecified atom stereocenters. The van der Waals surface area contributed by atoms with Gasteiger partial charge in [-0.15, -0.1) is 0 Å². The first-order valence-electron chi connectivity index (χ1n) is 11.7. The third-order valence-electron chi connectivity index (χ3n) is 6.72. The SMILES string of the molecule is COCCn1c(C)cc(O)c(C(c2ccncc2)N2CCC(Cc3ccccc3)CC2)c1=O. The number of aryl methyl sites for hydroxylation is 1.